The van der Waals surface area contributed by atoms with Crippen molar-refractivity contribution in [1.82, 2.24) is 0 Å². The molecule has 0 spiro atoms. The molecule has 0 aliphatic rings. The van der Waals surface area contributed by atoms with E-state index in [4.69, 9.17) is 10.2 Å². The average molecular weight is 252 g/mol. The van der Waals surface area contributed by atoms with Crippen LogP contribution >= 0.6 is 15.9 Å². The highest BCUT2D eigenvalue weighted by Gasteiger charge is 2.04. The topological polar surface area (TPSA) is 39.2 Å². The Bertz CT molecular complexity index is 473. The lowest BCUT2D eigenvalue weighted by atomic mass is 10.1. The molecule has 2 aromatic rings. The molecule has 0 fully saturated rings. The van der Waals surface area contributed by atoms with Gasteiger partial charge in [-0.25, -0.2) is 0 Å². The molecular weight excluding hydrogens is 242 g/mol. The monoisotopic (exact) mass is 251 g/mol. The molecule has 0 aliphatic carbocycles. The Labute approximate surface area is 90.5 Å². The zero-order chi connectivity index (χ0) is 9.97. The van der Waals surface area contributed by atoms with Crippen molar-refractivity contribution < 1.29 is 4.42 Å². The van der Waals surface area contributed by atoms with E-state index in [0.29, 0.717) is 6.54 Å². The van der Waals surface area contributed by atoms with Crippen LogP contribution in [0.5, 0.6) is 0 Å². The molecule has 2 nitrogen and oxygen atoms in total. The molecule has 0 saturated carbocycles. The molecule has 3 heteroatoms. The first-order chi connectivity index (χ1) is 6.83. The molecule has 0 unspecified atom stereocenters. The lowest BCUT2D eigenvalue weighted by molar-refractivity contribution is 0.613. The highest BCUT2D eigenvalue weighted by atomic mass is 79.9. The van der Waals surface area contributed by atoms with E-state index in [-0.39, 0.29) is 0 Å². The summed E-state index contributed by atoms with van der Waals surface area (Å²) in [6, 6.07) is 6.02. The van der Waals surface area contributed by atoms with Crippen LogP contribution in [-0.4, -0.2) is 6.54 Å². The van der Waals surface area contributed by atoms with Gasteiger partial charge in [0.25, 0.3) is 0 Å². The minimum atomic E-state index is 0.540. The largest absolute Gasteiger partial charge is 0.462 e. The molecule has 2 rings (SSSR count). The maximum absolute atomic E-state index is 5.44. The minimum Gasteiger partial charge on any atom is -0.462 e. The Balaban J connectivity index is 2.60. The Kier molecular flexibility index (Phi) is 2.70. The maximum Gasteiger partial charge on any atom is 0.142 e. The lowest BCUT2D eigenvalue weighted by Crippen LogP contribution is -1.91. The molecule has 1 aromatic heterocycles. The summed E-state index contributed by atoms with van der Waals surface area (Å²) in [5.41, 5.74) is 7.35. The summed E-state index contributed by atoms with van der Waals surface area (Å²) in [4.78, 5) is 0. The van der Waals surface area contributed by atoms with Crippen molar-refractivity contribution in [2.24, 2.45) is 5.73 Å². The molecule has 0 aliphatic heterocycles. The Hall–Kier alpha value is -1.06. The lowest BCUT2D eigenvalue weighted by Gasteiger charge is -1.94. The number of benzene rings is 1. The summed E-state index contributed by atoms with van der Waals surface area (Å²) >= 11 is 3.43. The summed E-state index contributed by atoms with van der Waals surface area (Å²) in [6.07, 6.45) is 5.58. The number of nitrogens with two attached hydrogens (primary N) is 1. The number of furan rings is 1. The van der Waals surface area contributed by atoms with Crippen LogP contribution in [0.2, 0.25) is 0 Å². The van der Waals surface area contributed by atoms with Gasteiger partial charge in [-0.1, -0.05) is 24.3 Å². The maximum atomic E-state index is 5.44. The number of rotatable bonds is 2. The molecule has 2 N–H and O–H groups in total. The smallest absolute Gasteiger partial charge is 0.142 e. The Morgan fingerprint density at radius 2 is 2.29 bits per heavy atom. The third-order valence-corrected chi connectivity index (χ3v) is 2.63. The zero-order valence-corrected chi connectivity index (χ0v) is 9.12. The molecule has 0 bridgehead atoms. The predicted molar refractivity (Wildman–Crippen MR) is 62.0 cm³/mol. The van der Waals surface area contributed by atoms with Gasteiger partial charge in [-0.3, -0.25) is 0 Å². The quantitative estimate of drug-likeness (QED) is 0.891. The van der Waals surface area contributed by atoms with E-state index in [1.165, 1.54) is 0 Å². The Morgan fingerprint density at radius 3 is 3.07 bits per heavy atom. The van der Waals surface area contributed by atoms with Crippen molar-refractivity contribution in [3.05, 3.63) is 40.6 Å². The fourth-order valence-corrected chi connectivity index (χ4v) is 1.78. The van der Waals surface area contributed by atoms with Gasteiger partial charge in [-0.2, -0.15) is 0 Å². The average Bonchev–Trinajstić information content (AvgIpc) is 2.58. The fraction of sp³-hybridized carbons (Fsp3) is 0.0909. The van der Waals surface area contributed by atoms with Crippen molar-refractivity contribution in [3.63, 3.8) is 0 Å². The molecule has 1 heterocycles. The number of hydrogen-bond acceptors (Lipinski definition) is 2. The second-order valence-corrected chi connectivity index (χ2v) is 3.80. The van der Waals surface area contributed by atoms with E-state index in [1.54, 1.807) is 6.26 Å². The van der Waals surface area contributed by atoms with Crippen molar-refractivity contribution in [2.45, 2.75) is 0 Å². The van der Waals surface area contributed by atoms with Gasteiger partial charge < -0.3 is 10.2 Å². The van der Waals surface area contributed by atoms with Crippen molar-refractivity contribution in [2.75, 3.05) is 6.54 Å². The molecular formula is C11H10BrNO. The van der Waals surface area contributed by atoms with E-state index in [0.717, 1.165) is 21.0 Å². The summed E-state index contributed by atoms with van der Waals surface area (Å²) in [7, 11) is 0. The van der Waals surface area contributed by atoms with Crippen LogP contribution in [0.25, 0.3) is 17.0 Å². The number of para-hydroxylation sites is 1. The van der Waals surface area contributed by atoms with Crippen LogP contribution in [-0.2, 0) is 0 Å². The van der Waals surface area contributed by atoms with Gasteiger partial charge in [0.2, 0.25) is 0 Å². The van der Waals surface area contributed by atoms with Crippen LogP contribution in [0.4, 0.5) is 0 Å². The number of halogens is 1. The van der Waals surface area contributed by atoms with Gasteiger partial charge in [0.05, 0.1) is 4.47 Å². The van der Waals surface area contributed by atoms with E-state index in [9.17, 15) is 0 Å². The first-order valence-electron chi connectivity index (χ1n) is 4.35. The van der Waals surface area contributed by atoms with Crippen LogP contribution in [0.3, 0.4) is 0 Å². The molecule has 14 heavy (non-hydrogen) atoms. The fourth-order valence-electron chi connectivity index (χ4n) is 1.37. The first kappa shape index (κ1) is 9.49. The summed E-state index contributed by atoms with van der Waals surface area (Å²) in [6.45, 7) is 0.540. The minimum absolute atomic E-state index is 0.540. The van der Waals surface area contributed by atoms with Crippen molar-refractivity contribution >= 4 is 33.0 Å². The third kappa shape index (κ3) is 1.61. The number of hydrogen-bond donors (Lipinski definition) is 1. The second kappa shape index (κ2) is 3.98. The SMILES string of the molecule is NC/C=C/c1cccc2c(Br)coc12. The zero-order valence-electron chi connectivity index (χ0n) is 7.53. The molecule has 72 valence electrons. The van der Waals surface area contributed by atoms with Gasteiger partial charge in [-0.15, -0.1) is 0 Å². The van der Waals surface area contributed by atoms with Gasteiger partial charge >= 0.3 is 0 Å². The van der Waals surface area contributed by atoms with Crippen molar-refractivity contribution in [3.8, 4) is 0 Å². The van der Waals surface area contributed by atoms with Gasteiger partial charge in [0, 0.05) is 17.5 Å². The highest BCUT2D eigenvalue weighted by molar-refractivity contribution is 9.10. The van der Waals surface area contributed by atoms with Gasteiger partial charge in [0.1, 0.15) is 11.8 Å². The Morgan fingerprint density at radius 1 is 1.43 bits per heavy atom. The predicted octanol–water partition coefficient (Wildman–Crippen LogP) is 3.17. The number of fused-ring (bicyclic) bond motifs is 1. The molecule has 0 amide bonds. The van der Waals surface area contributed by atoms with Crippen LogP contribution in [0.1, 0.15) is 5.56 Å². The third-order valence-electron chi connectivity index (χ3n) is 2.02. The van der Waals surface area contributed by atoms with Gasteiger partial charge in [0.15, 0.2) is 0 Å². The summed E-state index contributed by atoms with van der Waals surface area (Å²) < 4.78 is 6.42. The normalized spacial score (nSPS) is 11.6. The van der Waals surface area contributed by atoms with E-state index in [1.807, 2.05) is 30.4 Å². The summed E-state index contributed by atoms with van der Waals surface area (Å²) in [5.74, 6) is 0. The standard InChI is InChI=1S/C11H10BrNO/c12-10-7-14-11-8(4-2-6-13)3-1-5-9(10)11/h1-5,7H,6,13H2/b4-2+. The van der Waals surface area contributed by atoms with E-state index in [2.05, 4.69) is 15.9 Å². The molecule has 0 radical (unpaired) electrons. The molecule has 1 aromatic carbocycles. The van der Waals surface area contributed by atoms with Crippen molar-refractivity contribution in [1.29, 1.82) is 0 Å². The first-order valence-corrected chi connectivity index (χ1v) is 5.14. The van der Waals surface area contributed by atoms with Crippen LogP contribution in [0, 0.1) is 0 Å². The summed E-state index contributed by atoms with van der Waals surface area (Å²) in [5, 5.41) is 1.09. The van der Waals surface area contributed by atoms with Crippen LogP contribution in [0.15, 0.2) is 39.4 Å². The van der Waals surface area contributed by atoms with Crippen LogP contribution < -0.4 is 5.73 Å². The molecule has 0 saturated heterocycles. The van der Waals surface area contributed by atoms with E-state index >= 15 is 0 Å². The van der Waals surface area contributed by atoms with E-state index < -0.39 is 0 Å². The highest BCUT2D eigenvalue weighted by Crippen LogP contribution is 2.28. The van der Waals surface area contributed by atoms with Gasteiger partial charge in [-0.05, 0) is 22.0 Å². The molecule has 0 atom stereocenters. The second-order valence-electron chi connectivity index (χ2n) is 2.95.